The summed E-state index contributed by atoms with van der Waals surface area (Å²) in [6.07, 6.45) is 1.65. The molecule has 0 heterocycles. The fraction of sp³-hybridized carbons (Fsp3) is 0.222. The Morgan fingerprint density at radius 1 is 0.958 bits per heavy atom. The lowest BCUT2D eigenvalue weighted by Gasteiger charge is -2.07. The number of ether oxygens (including phenoxy) is 1. The van der Waals surface area contributed by atoms with Crippen LogP contribution in [0.1, 0.15) is 18.1 Å². The van der Waals surface area contributed by atoms with Crippen LogP contribution in [0.4, 0.5) is 5.69 Å². The van der Waals surface area contributed by atoms with E-state index < -0.39 is 11.9 Å². The second kappa shape index (κ2) is 8.71. The molecule has 1 amide bonds. The Hall–Kier alpha value is -2.04. The van der Waals surface area contributed by atoms with Gasteiger partial charge in [0.1, 0.15) is 0 Å². The van der Waals surface area contributed by atoms with E-state index in [4.69, 9.17) is 23.2 Å². The summed E-state index contributed by atoms with van der Waals surface area (Å²) in [4.78, 5) is 22.8. The molecule has 126 valence electrons. The number of esters is 1. The summed E-state index contributed by atoms with van der Waals surface area (Å²) in [5.41, 5.74) is 2.76. The molecule has 0 spiro atoms. The molecule has 0 fully saturated rings. The first-order valence-corrected chi connectivity index (χ1v) is 8.26. The van der Waals surface area contributed by atoms with Crippen LogP contribution < -0.4 is 5.32 Å². The summed E-state index contributed by atoms with van der Waals surface area (Å²) in [6, 6.07) is 12.9. The van der Waals surface area contributed by atoms with Gasteiger partial charge in [-0.2, -0.15) is 0 Å². The van der Waals surface area contributed by atoms with E-state index in [0.717, 1.165) is 24.0 Å². The second-order valence-electron chi connectivity index (χ2n) is 5.12. The van der Waals surface area contributed by atoms with E-state index in [9.17, 15) is 9.59 Å². The Morgan fingerprint density at radius 3 is 2.21 bits per heavy atom. The molecule has 6 heteroatoms. The maximum Gasteiger partial charge on any atom is 0.397 e. The van der Waals surface area contributed by atoms with Gasteiger partial charge in [0.05, 0.1) is 16.7 Å². The van der Waals surface area contributed by atoms with Crippen molar-refractivity contribution in [3.05, 3.63) is 63.6 Å². The van der Waals surface area contributed by atoms with E-state index in [-0.39, 0.29) is 6.61 Å². The van der Waals surface area contributed by atoms with E-state index >= 15 is 0 Å². The van der Waals surface area contributed by atoms with E-state index in [1.54, 1.807) is 25.1 Å². The number of rotatable bonds is 5. The molecule has 0 atom stereocenters. The van der Waals surface area contributed by atoms with Gasteiger partial charge in [-0.05, 0) is 55.2 Å². The molecule has 0 aromatic heterocycles. The first-order chi connectivity index (χ1) is 11.5. The third-order valence-corrected chi connectivity index (χ3v) is 4.10. The average molecular weight is 366 g/mol. The van der Waals surface area contributed by atoms with Crippen molar-refractivity contribution in [1.29, 1.82) is 0 Å². The van der Waals surface area contributed by atoms with Crippen LogP contribution >= 0.6 is 23.2 Å². The van der Waals surface area contributed by atoms with Gasteiger partial charge in [0.25, 0.3) is 0 Å². The predicted octanol–water partition coefficient (Wildman–Crippen LogP) is 4.28. The fourth-order valence-electron chi connectivity index (χ4n) is 2.12. The van der Waals surface area contributed by atoms with Gasteiger partial charge in [0.2, 0.25) is 0 Å². The lowest BCUT2D eigenvalue weighted by Crippen LogP contribution is -2.24. The van der Waals surface area contributed by atoms with Crippen LogP contribution in [0.3, 0.4) is 0 Å². The van der Waals surface area contributed by atoms with Crippen molar-refractivity contribution in [2.75, 3.05) is 11.9 Å². The molecule has 0 aliphatic heterocycles. The standard InChI is InChI=1S/C18H17Cl2NO3/c1-2-24-18(23)17(22)21-14-8-5-12(6-9-14)3-4-13-7-10-15(19)16(20)11-13/h5-11H,2-4H2,1H3,(H,21,22). The lowest BCUT2D eigenvalue weighted by molar-refractivity contribution is -0.152. The molecule has 24 heavy (non-hydrogen) atoms. The molecule has 0 unspecified atom stereocenters. The molecule has 0 radical (unpaired) electrons. The molecule has 0 saturated heterocycles. The van der Waals surface area contributed by atoms with Gasteiger partial charge in [-0.25, -0.2) is 4.79 Å². The van der Waals surface area contributed by atoms with E-state index in [1.165, 1.54) is 0 Å². The van der Waals surface area contributed by atoms with Crippen molar-refractivity contribution in [1.82, 2.24) is 0 Å². The third-order valence-electron chi connectivity index (χ3n) is 3.36. The molecule has 1 N–H and O–H groups in total. The van der Waals surface area contributed by atoms with E-state index in [0.29, 0.717) is 15.7 Å². The molecular formula is C18H17Cl2NO3. The molecule has 2 aromatic carbocycles. The summed E-state index contributed by atoms with van der Waals surface area (Å²) < 4.78 is 4.63. The molecule has 0 aliphatic rings. The number of hydrogen-bond donors (Lipinski definition) is 1. The van der Waals surface area contributed by atoms with Gasteiger partial charge in [0.15, 0.2) is 0 Å². The number of amides is 1. The Kier molecular flexibility index (Phi) is 6.64. The van der Waals surface area contributed by atoms with Crippen molar-refractivity contribution in [3.63, 3.8) is 0 Å². The van der Waals surface area contributed by atoms with Crippen LogP contribution in [-0.2, 0) is 27.2 Å². The number of nitrogens with one attached hydrogen (secondary N) is 1. The first kappa shape index (κ1) is 18.3. The highest BCUT2D eigenvalue weighted by Gasteiger charge is 2.14. The quantitative estimate of drug-likeness (QED) is 0.635. The Balaban J connectivity index is 1.91. The molecule has 4 nitrogen and oxygen atoms in total. The van der Waals surface area contributed by atoms with Crippen LogP contribution in [0, 0.1) is 0 Å². The summed E-state index contributed by atoms with van der Waals surface area (Å²) in [7, 11) is 0. The zero-order chi connectivity index (χ0) is 17.5. The van der Waals surface area contributed by atoms with Crippen molar-refractivity contribution < 1.29 is 14.3 Å². The zero-order valence-electron chi connectivity index (χ0n) is 13.1. The summed E-state index contributed by atoms with van der Waals surface area (Å²) in [5, 5.41) is 3.59. The highest BCUT2D eigenvalue weighted by molar-refractivity contribution is 6.42. The lowest BCUT2D eigenvalue weighted by atomic mass is 10.0. The molecule has 0 aliphatic carbocycles. The topological polar surface area (TPSA) is 55.4 Å². The Morgan fingerprint density at radius 2 is 1.58 bits per heavy atom. The number of halogens is 2. The smallest absolute Gasteiger partial charge is 0.397 e. The fourth-order valence-corrected chi connectivity index (χ4v) is 2.44. The van der Waals surface area contributed by atoms with Gasteiger partial charge >= 0.3 is 11.9 Å². The molecular weight excluding hydrogens is 349 g/mol. The first-order valence-electron chi connectivity index (χ1n) is 7.50. The number of anilines is 1. The van der Waals surface area contributed by atoms with Crippen molar-refractivity contribution in [3.8, 4) is 0 Å². The number of hydrogen-bond acceptors (Lipinski definition) is 3. The molecule has 0 saturated carbocycles. The van der Waals surface area contributed by atoms with Crippen LogP contribution in [0.15, 0.2) is 42.5 Å². The summed E-state index contributed by atoms with van der Waals surface area (Å²) in [5.74, 6) is -1.67. The van der Waals surface area contributed by atoms with Crippen molar-refractivity contribution in [2.45, 2.75) is 19.8 Å². The molecule has 2 aromatic rings. The van der Waals surface area contributed by atoms with Gasteiger partial charge < -0.3 is 10.1 Å². The zero-order valence-corrected chi connectivity index (χ0v) is 14.7. The van der Waals surface area contributed by atoms with Crippen LogP contribution in [-0.4, -0.2) is 18.5 Å². The summed E-state index contributed by atoms with van der Waals surface area (Å²) in [6.45, 7) is 1.81. The monoisotopic (exact) mass is 365 g/mol. The van der Waals surface area contributed by atoms with Gasteiger partial charge in [-0.3, -0.25) is 4.79 Å². The largest absolute Gasteiger partial charge is 0.459 e. The number of aryl methyl sites for hydroxylation is 2. The normalized spacial score (nSPS) is 10.3. The minimum atomic E-state index is -0.888. The Bertz CT molecular complexity index is 730. The second-order valence-corrected chi connectivity index (χ2v) is 5.93. The van der Waals surface area contributed by atoms with Gasteiger partial charge in [0, 0.05) is 5.69 Å². The third kappa shape index (κ3) is 5.25. The van der Waals surface area contributed by atoms with E-state index in [2.05, 4.69) is 10.1 Å². The minimum absolute atomic E-state index is 0.167. The predicted molar refractivity (Wildman–Crippen MR) is 95.6 cm³/mol. The highest BCUT2D eigenvalue weighted by Crippen LogP contribution is 2.23. The highest BCUT2D eigenvalue weighted by atomic mass is 35.5. The van der Waals surface area contributed by atoms with E-state index in [1.807, 2.05) is 24.3 Å². The van der Waals surface area contributed by atoms with Gasteiger partial charge in [-0.1, -0.05) is 41.4 Å². The number of carbonyl (C=O) groups is 2. The van der Waals surface area contributed by atoms with Crippen molar-refractivity contribution in [2.24, 2.45) is 0 Å². The average Bonchev–Trinajstić information content (AvgIpc) is 2.57. The minimum Gasteiger partial charge on any atom is -0.459 e. The SMILES string of the molecule is CCOC(=O)C(=O)Nc1ccc(CCc2ccc(Cl)c(Cl)c2)cc1. The molecule has 0 bridgehead atoms. The Labute approximate surface area is 150 Å². The van der Waals surface area contributed by atoms with Crippen LogP contribution in [0.25, 0.3) is 0 Å². The summed E-state index contributed by atoms with van der Waals surface area (Å²) >= 11 is 11.9. The van der Waals surface area contributed by atoms with Gasteiger partial charge in [-0.15, -0.1) is 0 Å². The number of benzene rings is 2. The maximum atomic E-state index is 11.5. The number of carbonyl (C=O) groups excluding carboxylic acids is 2. The maximum absolute atomic E-state index is 11.5. The van der Waals surface area contributed by atoms with Crippen LogP contribution in [0.2, 0.25) is 10.0 Å². The molecule has 2 rings (SSSR count). The van der Waals surface area contributed by atoms with Crippen molar-refractivity contribution >= 4 is 40.8 Å². The van der Waals surface area contributed by atoms with Crippen LogP contribution in [0.5, 0.6) is 0 Å².